The van der Waals surface area contributed by atoms with E-state index in [2.05, 4.69) is 10.3 Å². The summed E-state index contributed by atoms with van der Waals surface area (Å²) in [5.74, 6) is -2.38. The topological polar surface area (TPSA) is 46.4 Å². The first-order chi connectivity index (χ1) is 14.7. The van der Waals surface area contributed by atoms with Gasteiger partial charge in [0.2, 0.25) is 5.91 Å². The van der Waals surface area contributed by atoms with Crippen LogP contribution in [0.5, 0.6) is 0 Å². The van der Waals surface area contributed by atoms with E-state index in [-0.39, 0.29) is 29.1 Å². The Bertz CT molecular complexity index is 1270. The Balaban J connectivity index is 1.81. The van der Waals surface area contributed by atoms with Crippen molar-refractivity contribution >= 4 is 17.4 Å². The lowest BCUT2D eigenvalue weighted by molar-refractivity contribution is -0.137. The zero-order chi connectivity index (χ0) is 22.2. The van der Waals surface area contributed by atoms with Gasteiger partial charge in [0.25, 0.3) is 0 Å². The second-order valence-corrected chi connectivity index (χ2v) is 6.79. The van der Waals surface area contributed by atoms with Gasteiger partial charge in [-0.2, -0.15) is 13.2 Å². The number of halogens is 5. The molecular formula is C22H14F5N3O. The lowest BCUT2D eigenvalue weighted by Crippen LogP contribution is -2.15. The number of nitrogens with one attached hydrogen (secondary N) is 1. The lowest BCUT2D eigenvalue weighted by Gasteiger charge is -2.09. The van der Waals surface area contributed by atoms with E-state index >= 15 is 0 Å². The summed E-state index contributed by atoms with van der Waals surface area (Å²) in [7, 11) is 0. The van der Waals surface area contributed by atoms with Crippen LogP contribution in [-0.4, -0.2) is 15.3 Å². The fraction of sp³-hybridized carbons (Fsp3) is 0.0909. The summed E-state index contributed by atoms with van der Waals surface area (Å²) >= 11 is 0. The molecule has 1 N–H and O–H groups in total. The van der Waals surface area contributed by atoms with Crippen molar-refractivity contribution in [2.24, 2.45) is 0 Å². The number of rotatable bonds is 4. The van der Waals surface area contributed by atoms with Gasteiger partial charge in [-0.3, -0.25) is 9.20 Å². The van der Waals surface area contributed by atoms with Gasteiger partial charge in [0.05, 0.1) is 12.0 Å². The summed E-state index contributed by atoms with van der Waals surface area (Å²) in [5.41, 5.74) is -0.509. The maximum absolute atomic E-state index is 14.5. The molecule has 4 aromatic rings. The minimum Gasteiger partial charge on any atom is -0.309 e. The molecule has 0 radical (unpaired) electrons. The highest BCUT2D eigenvalue weighted by Crippen LogP contribution is 2.35. The summed E-state index contributed by atoms with van der Waals surface area (Å²) in [5, 5.41) is 2.53. The van der Waals surface area contributed by atoms with Gasteiger partial charge < -0.3 is 5.32 Å². The summed E-state index contributed by atoms with van der Waals surface area (Å²) in [6.45, 7) is 0. The standard InChI is InChI=1S/C22H14F5N3O/c23-15-6-7-16(17(24)12-15)20-21(29-19(31)10-13-4-2-1-3-5-13)28-18-11-14(22(25,26)27)8-9-30(18)20/h1-9,11-12H,10H2,(H,29,31). The van der Waals surface area contributed by atoms with Crippen molar-refractivity contribution in [3.8, 4) is 11.3 Å². The molecule has 0 spiro atoms. The maximum atomic E-state index is 14.5. The van der Waals surface area contributed by atoms with Gasteiger partial charge in [0.15, 0.2) is 5.82 Å². The fourth-order valence-corrected chi connectivity index (χ4v) is 3.20. The zero-order valence-electron chi connectivity index (χ0n) is 15.8. The Morgan fingerprint density at radius 3 is 2.42 bits per heavy atom. The van der Waals surface area contributed by atoms with Crippen molar-refractivity contribution in [2.75, 3.05) is 5.32 Å². The van der Waals surface area contributed by atoms with Crippen molar-refractivity contribution in [1.29, 1.82) is 0 Å². The number of benzene rings is 2. The van der Waals surface area contributed by atoms with E-state index in [1.165, 1.54) is 4.40 Å². The van der Waals surface area contributed by atoms with Crippen molar-refractivity contribution < 1.29 is 26.7 Å². The van der Waals surface area contributed by atoms with E-state index in [0.717, 1.165) is 30.5 Å². The predicted molar refractivity (Wildman–Crippen MR) is 104 cm³/mol. The quantitative estimate of drug-likeness (QED) is 0.435. The predicted octanol–water partition coefficient (Wildman–Crippen LogP) is 5.48. The third-order valence-electron chi connectivity index (χ3n) is 4.61. The van der Waals surface area contributed by atoms with Crippen LogP contribution in [-0.2, 0) is 17.4 Å². The molecule has 9 heteroatoms. The van der Waals surface area contributed by atoms with Gasteiger partial charge in [0, 0.05) is 17.8 Å². The molecule has 2 aromatic carbocycles. The van der Waals surface area contributed by atoms with Crippen LogP contribution in [0.4, 0.5) is 27.8 Å². The first kappa shape index (κ1) is 20.5. The minimum atomic E-state index is -4.61. The van der Waals surface area contributed by atoms with Gasteiger partial charge in [-0.25, -0.2) is 13.8 Å². The Kier molecular flexibility index (Phi) is 5.18. The SMILES string of the molecule is O=C(Cc1ccccc1)Nc1nc2cc(C(F)(F)F)ccn2c1-c1ccc(F)cc1F. The third kappa shape index (κ3) is 4.25. The molecule has 1 amide bonds. The number of carbonyl (C=O) groups is 1. The number of hydrogen-bond acceptors (Lipinski definition) is 2. The molecule has 2 aromatic heterocycles. The molecule has 0 unspecified atom stereocenters. The van der Waals surface area contributed by atoms with Gasteiger partial charge in [-0.05, 0) is 29.8 Å². The van der Waals surface area contributed by atoms with Crippen molar-refractivity contribution in [2.45, 2.75) is 12.6 Å². The van der Waals surface area contributed by atoms with E-state index < -0.39 is 29.3 Å². The minimum absolute atomic E-state index is 0.00244. The second kappa shape index (κ2) is 7.82. The largest absolute Gasteiger partial charge is 0.416 e. The summed E-state index contributed by atoms with van der Waals surface area (Å²) in [6.07, 6.45) is -3.55. The van der Waals surface area contributed by atoms with Crippen molar-refractivity contribution in [3.05, 3.63) is 89.6 Å². The number of nitrogens with zero attached hydrogens (tertiary/aromatic N) is 2. The molecule has 0 atom stereocenters. The highest BCUT2D eigenvalue weighted by Gasteiger charge is 2.31. The van der Waals surface area contributed by atoms with Gasteiger partial charge in [-0.15, -0.1) is 0 Å². The lowest BCUT2D eigenvalue weighted by atomic mass is 10.1. The molecule has 4 rings (SSSR count). The number of carbonyl (C=O) groups excluding carboxylic acids is 1. The van der Waals surface area contributed by atoms with Crippen molar-refractivity contribution in [1.82, 2.24) is 9.38 Å². The molecule has 4 nitrogen and oxygen atoms in total. The Morgan fingerprint density at radius 1 is 1.00 bits per heavy atom. The third-order valence-corrected chi connectivity index (χ3v) is 4.61. The van der Waals surface area contributed by atoms with Gasteiger partial charge in [0.1, 0.15) is 23.0 Å². The van der Waals surface area contributed by atoms with E-state index in [0.29, 0.717) is 11.6 Å². The Morgan fingerprint density at radius 2 is 1.74 bits per heavy atom. The van der Waals surface area contributed by atoms with Crippen molar-refractivity contribution in [3.63, 3.8) is 0 Å². The Labute approximate surface area is 173 Å². The number of anilines is 1. The van der Waals surface area contributed by atoms with Crippen LogP contribution in [0.2, 0.25) is 0 Å². The van der Waals surface area contributed by atoms with Crippen LogP contribution >= 0.6 is 0 Å². The van der Waals surface area contributed by atoms with Crippen LogP contribution in [0.25, 0.3) is 16.9 Å². The normalized spacial score (nSPS) is 11.6. The molecule has 0 fully saturated rings. The average molecular weight is 431 g/mol. The van der Waals surface area contributed by atoms with Crippen LogP contribution in [0.3, 0.4) is 0 Å². The molecule has 0 saturated carbocycles. The van der Waals surface area contributed by atoms with E-state index in [1.54, 1.807) is 30.3 Å². The molecule has 0 aliphatic carbocycles. The molecule has 31 heavy (non-hydrogen) atoms. The molecule has 0 bridgehead atoms. The number of hydrogen-bond donors (Lipinski definition) is 1. The fourth-order valence-electron chi connectivity index (χ4n) is 3.20. The monoisotopic (exact) mass is 431 g/mol. The molecule has 2 heterocycles. The second-order valence-electron chi connectivity index (χ2n) is 6.79. The van der Waals surface area contributed by atoms with Gasteiger partial charge >= 0.3 is 6.18 Å². The highest BCUT2D eigenvalue weighted by atomic mass is 19.4. The molecular weight excluding hydrogens is 417 g/mol. The van der Waals surface area contributed by atoms with Crippen LogP contribution in [0, 0.1) is 11.6 Å². The van der Waals surface area contributed by atoms with Crippen LogP contribution in [0.15, 0.2) is 66.9 Å². The van der Waals surface area contributed by atoms with Crippen LogP contribution in [0.1, 0.15) is 11.1 Å². The number of pyridine rings is 1. The van der Waals surface area contributed by atoms with Gasteiger partial charge in [-0.1, -0.05) is 30.3 Å². The maximum Gasteiger partial charge on any atom is 0.416 e. The summed E-state index contributed by atoms with van der Waals surface area (Å²) in [4.78, 5) is 16.6. The molecule has 0 aliphatic heterocycles. The molecule has 0 aliphatic rings. The first-order valence-corrected chi connectivity index (χ1v) is 9.11. The molecule has 158 valence electrons. The summed E-state index contributed by atoms with van der Waals surface area (Å²) < 4.78 is 68.4. The number of aromatic nitrogens is 2. The first-order valence-electron chi connectivity index (χ1n) is 9.11. The summed E-state index contributed by atoms with van der Waals surface area (Å²) in [6, 6.07) is 13.2. The number of alkyl halides is 3. The average Bonchev–Trinajstić information content (AvgIpc) is 3.05. The van der Waals surface area contributed by atoms with E-state index in [1.807, 2.05) is 0 Å². The Hall–Kier alpha value is -3.75. The number of imidazole rings is 1. The highest BCUT2D eigenvalue weighted by molar-refractivity contribution is 5.95. The number of amides is 1. The zero-order valence-corrected chi connectivity index (χ0v) is 15.8. The van der Waals surface area contributed by atoms with Crippen LogP contribution < -0.4 is 5.32 Å². The molecule has 0 saturated heterocycles. The smallest absolute Gasteiger partial charge is 0.309 e. The van der Waals surface area contributed by atoms with E-state index in [9.17, 15) is 26.7 Å². The number of fused-ring (bicyclic) bond motifs is 1. The van der Waals surface area contributed by atoms with E-state index in [4.69, 9.17) is 0 Å².